The van der Waals surface area contributed by atoms with Gasteiger partial charge in [-0.1, -0.05) is 5.16 Å². The molecule has 1 unspecified atom stereocenters. The van der Waals surface area contributed by atoms with E-state index >= 15 is 0 Å². The summed E-state index contributed by atoms with van der Waals surface area (Å²) in [5.74, 6) is -2.78. The summed E-state index contributed by atoms with van der Waals surface area (Å²) in [6, 6.07) is 4.63. The van der Waals surface area contributed by atoms with Crippen LogP contribution in [0.5, 0.6) is 0 Å². The number of pyridine rings is 1. The van der Waals surface area contributed by atoms with E-state index in [0.29, 0.717) is 17.1 Å². The van der Waals surface area contributed by atoms with Crippen LogP contribution in [0.2, 0.25) is 0 Å². The molecule has 2 amide bonds. The molecule has 5 N–H and O–H groups in total. The molecular weight excluding hydrogens is 605 g/mol. The van der Waals surface area contributed by atoms with Gasteiger partial charge in [-0.15, -0.1) is 11.8 Å². The van der Waals surface area contributed by atoms with E-state index in [9.17, 15) is 24.1 Å². The zero-order valence-electron chi connectivity index (χ0n) is 20.8. The molecule has 2 aromatic heterocycles. The van der Waals surface area contributed by atoms with Crippen LogP contribution in [0.1, 0.15) is 12.7 Å². The summed E-state index contributed by atoms with van der Waals surface area (Å²) < 4.78 is 17.0. The van der Waals surface area contributed by atoms with Crippen LogP contribution in [0, 0.1) is 0 Å². The fourth-order valence-electron chi connectivity index (χ4n) is 3.60. The molecule has 1 fully saturated rings. The summed E-state index contributed by atoms with van der Waals surface area (Å²) >= 11 is 3.27. The molecule has 4 rings (SSSR count). The summed E-state index contributed by atoms with van der Waals surface area (Å²) in [5.41, 5.74) is -0.132. The number of aliphatic carboxylic acids is 1. The van der Waals surface area contributed by atoms with Gasteiger partial charge in [0.1, 0.15) is 30.8 Å². The Morgan fingerprint density at radius 2 is 2.17 bits per heavy atom. The highest BCUT2D eigenvalue weighted by atomic mass is 32.2. The second-order valence-corrected chi connectivity index (χ2v) is 12.1. The number of rotatable bonds is 11. The van der Waals surface area contributed by atoms with Crippen molar-refractivity contribution >= 4 is 71.4 Å². The SMILES string of the molecule is CCON=C(C(=O)NC1C(=O)N2C(C(=O)O)=C(C=CSc3cccc[n+]3C)CS[C@H]12)c1nsc(NP(=O)(O)O)n1. The van der Waals surface area contributed by atoms with Crippen LogP contribution in [-0.2, 0) is 30.8 Å². The number of nitrogens with one attached hydrogen (secondary N) is 2. The highest BCUT2D eigenvalue weighted by Crippen LogP contribution is 2.41. The molecular formula is C21H23N7O8PS3+. The molecule has 19 heteroatoms. The summed E-state index contributed by atoms with van der Waals surface area (Å²) in [5, 5.41) is 19.7. The highest BCUT2D eigenvalue weighted by molar-refractivity contribution is 8.02. The second-order valence-electron chi connectivity index (χ2n) is 8.05. The second kappa shape index (κ2) is 12.5. The lowest BCUT2D eigenvalue weighted by Crippen LogP contribution is -2.71. The number of aryl methyl sites for hydroxylation is 1. The Bertz CT molecular complexity index is 1470. The maximum atomic E-state index is 13.1. The topological polar surface area (TPSA) is 208 Å². The Morgan fingerprint density at radius 3 is 2.85 bits per heavy atom. The maximum Gasteiger partial charge on any atom is 0.429 e. The summed E-state index contributed by atoms with van der Waals surface area (Å²) in [6.45, 7) is 1.71. The number of nitrogens with zero attached hydrogens (tertiary/aromatic N) is 5. The zero-order chi connectivity index (χ0) is 29.0. The number of amides is 2. The minimum absolute atomic E-state index is 0.0903. The largest absolute Gasteiger partial charge is 0.477 e. The van der Waals surface area contributed by atoms with Crippen LogP contribution in [0.25, 0.3) is 0 Å². The van der Waals surface area contributed by atoms with Gasteiger partial charge < -0.3 is 25.0 Å². The zero-order valence-corrected chi connectivity index (χ0v) is 24.2. The monoisotopic (exact) mass is 628 g/mol. The van der Waals surface area contributed by atoms with Crippen molar-refractivity contribution in [2.24, 2.45) is 12.2 Å². The van der Waals surface area contributed by atoms with Gasteiger partial charge >= 0.3 is 13.7 Å². The van der Waals surface area contributed by atoms with E-state index in [1.165, 1.54) is 23.5 Å². The molecule has 4 heterocycles. The number of allylic oxidation sites excluding steroid dienone is 1. The van der Waals surface area contributed by atoms with Crippen molar-refractivity contribution in [3.8, 4) is 0 Å². The molecule has 2 aliphatic rings. The van der Waals surface area contributed by atoms with Crippen LogP contribution in [0.3, 0.4) is 0 Å². The number of carbonyl (C=O) groups is 3. The predicted octanol–water partition coefficient (Wildman–Crippen LogP) is 0.652. The smallest absolute Gasteiger partial charge is 0.429 e. The fraction of sp³-hybridized carbons (Fsp3) is 0.286. The van der Waals surface area contributed by atoms with Crippen molar-refractivity contribution < 1.29 is 43.2 Å². The Labute approximate surface area is 239 Å². The van der Waals surface area contributed by atoms with Crippen molar-refractivity contribution in [3.63, 3.8) is 0 Å². The average molecular weight is 629 g/mol. The molecule has 0 bridgehead atoms. The minimum atomic E-state index is -4.66. The van der Waals surface area contributed by atoms with Gasteiger partial charge in [0.15, 0.2) is 6.20 Å². The Kier molecular flexibility index (Phi) is 9.27. The Morgan fingerprint density at radius 1 is 1.40 bits per heavy atom. The summed E-state index contributed by atoms with van der Waals surface area (Å²) in [6.07, 6.45) is 3.55. The van der Waals surface area contributed by atoms with Crippen LogP contribution < -0.4 is 15.0 Å². The molecule has 0 spiro atoms. The number of β-lactam (4-membered cyclic amide) rings is 1. The molecule has 0 radical (unpaired) electrons. The number of hydrogen-bond donors (Lipinski definition) is 5. The minimum Gasteiger partial charge on any atom is -0.477 e. The fourth-order valence-corrected chi connectivity index (χ4v) is 6.92. The first-order chi connectivity index (χ1) is 19.0. The van der Waals surface area contributed by atoms with Crippen molar-refractivity contribution in [2.75, 3.05) is 17.4 Å². The standard InChI is InChI=1S/C21H22N7O8PS3/c1-3-36-24-13(16-23-21(40-26-16)25-37(33,34)35)17(29)22-14-18(30)28-15(20(31)32)11(10-39-19(14)28)7-9-38-12-6-4-5-8-27(12)2/h4-9,14,19H,3,10H2,1-2H3,(H4-,22,23,25,26,29,31,32,33,34,35)/p+1/t14?,19-/m1/s1. The van der Waals surface area contributed by atoms with E-state index in [1.807, 2.05) is 41.1 Å². The highest BCUT2D eigenvalue weighted by Gasteiger charge is 2.54. The number of fused-ring (bicyclic) bond motifs is 1. The first-order valence-corrected chi connectivity index (χ1v) is 15.7. The summed E-state index contributed by atoms with van der Waals surface area (Å²) in [7, 11) is -2.77. The molecule has 1 saturated heterocycles. The van der Waals surface area contributed by atoms with E-state index in [0.717, 1.165) is 9.93 Å². The summed E-state index contributed by atoms with van der Waals surface area (Å²) in [4.78, 5) is 66.3. The third kappa shape index (κ3) is 6.71. The normalized spacial score (nSPS) is 19.4. The van der Waals surface area contributed by atoms with Crippen molar-refractivity contribution in [1.29, 1.82) is 0 Å². The molecule has 40 heavy (non-hydrogen) atoms. The molecule has 15 nitrogen and oxygen atoms in total. The van der Waals surface area contributed by atoms with Crippen molar-refractivity contribution in [3.05, 3.63) is 53.0 Å². The number of oxime groups is 1. The Hall–Kier alpha value is -3.28. The maximum absolute atomic E-state index is 13.1. The average Bonchev–Trinajstić information content (AvgIpc) is 3.34. The van der Waals surface area contributed by atoms with Gasteiger partial charge in [-0.2, -0.15) is 13.9 Å². The predicted molar refractivity (Wildman–Crippen MR) is 146 cm³/mol. The lowest BCUT2D eigenvalue weighted by atomic mass is 10.0. The third-order valence-electron chi connectivity index (χ3n) is 5.33. The first kappa shape index (κ1) is 29.7. The number of carboxylic acid groups (broad SMARTS) is 1. The number of thioether (sulfide) groups is 2. The van der Waals surface area contributed by atoms with E-state index in [2.05, 4.69) is 19.8 Å². The van der Waals surface area contributed by atoms with Crippen LogP contribution >= 0.6 is 42.8 Å². The van der Waals surface area contributed by atoms with Crippen LogP contribution in [-0.4, -0.2) is 76.4 Å². The van der Waals surface area contributed by atoms with Gasteiger partial charge in [0.25, 0.3) is 11.8 Å². The van der Waals surface area contributed by atoms with Gasteiger partial charge in [-0.3, -0.25) is 19.6 Å². The van der Waals surface area contributed by atoms with Gasteiger partial charge in [0.2, 0.25) is 21.7 Å². The number of carboxylic acids is 1. The third-order valence-corrected chi connectivity index (χ3v) is 8.86. The lowest BCUT2D eigenvalue weighted by molar-refractivity contribution is -0.708. The van der Waals surface area contributed by atoms with Crippen LogP contribution in [0.4, 0.5) is 5.13 Å². The number of anilines is 1. The van der Waals surface area contributed by atoms with Crippen molar-refractivity contribution in [1.82, 2.24) is 19.6 Å². The van der Waals surface area contributed by atoms with E-state index in [-0.39, 0.29) is 29.0 Å². The molecule has 0 aliphatic carbocycles. The molecule has 2 aliphatic heterocycles. The lowest BCUT2D eigenvalue weighted by Gasteiger charge is -2.49. The van der Waals surface area contributed by atoms with Gasteiger partial charge in [-0.25, -0.2) is 9.36 Å². The Balaban J connectivity index is 1.49. The van der Waals surface area contributed by atoms with Gasteiger partial charge in [-0.05, 0) is 41.8 Å². The van der Waals surface area contributed by atoms with E-state index in [4.69, 9.17) is 14.6 Å². The molecule has 212 valence electrons. The quantitative estimate of drug-likeness (QED) is 0.0579. The van der Waals surface area contributed by atoms with Crippen LogP contribution in [0.15, 0.2) is 57.3 Å². The number of aromatic nitrogens is 3. The van der Waals surface area contributed by atoms with Gasteiger partial charge in [0.05, 0.1) is 0 Å². The number of hydrogen-bond acceptors (Lipinski definition) is 11. The van der Waals surface area contributed by atoms with Gasteiger partial charge in [0, 0.05) is 29.4 Å². The van der Waals surface area contributed by atoms with Crippen molar-refractivity contribution in [2.45, 2.75) is 23.4 Å². The molecule has 2 aromatic rings. The molecule has 2 atom stereocenters. The molecule has 0 aromatic carbocycles. The molecule has 0 saturated carbocycles. The number of carbonyl (C=O) groups excluding carboxylic acids is 2. The van der Waals surface area contributed by atoms with E-state index in [1.54, 1.807) is 18.4 Å². The van der Waals surface area contributed by atoms with E-state index < -0.39 is 42.7 Å². The first-order valence-electron chi connectivity index (χ1n) is 11.4.